The second-order valence-corrected chi connectivity index (χ2v) is 4.25. The van der Waals surface area contributed by atoms with Gasteiger partial charge in [0.15, 0.2) is 0 Å². The Bertz CT molecular complexity index is 405. The Balaban J connectivity index is 2.99. The van der Waals surface area contributed by atoms with E-state index in [0.717, 1.165) is 0 Å². The minimum Gasteiger partial charge on any atom is -0.478 e. The van der Waals surface area contributed by atoms with Gasteiger partial charge in [-0.2, -0.15) is 0 Å². The zero-order valence-corrected chi connectivity index (χ0v) is 10.2. The van der Waals surface area contributed by atoms with Gasteiger partial charge in [0.05, 0.1) is 11.7 Å². The van der Waals surface area contributed by atoms with Gasteiger partial charge in [0.25, 0.3) is 0 Å². The Kier molecular flexibility index (Phi) is 4.93. The van der Waals surface area contributed by atoms with Crippen LogP contribution in [0.15, 0.2) is 18.2 Å². The number of aliphatic hydroxyl groups is 2. The number of carboxylic acids is 1. The van der Waals surface area contributed by atoms with Crippen LogP contribution in [-0.2, 0) is 0 Å². The van der Waals surface area contributed by atoms with Crippen molar-refractivity contribution in [2.45, 2.75) is 25.6 Å². The molecule has 3 N–H and O–H groups in total. The van der Waals surface area contributed by atoms with Crippen LogP contribution < -0.4 is 0 Å². The Labute approximate surface area is 104 Å². The first-order chi connectivity index (χ1) is 7.97. The van der Waals surface area contributed by atoms with Gasteiger partial charge in [0, 0.05) is 5.88 Å². The number of carboxylic acid groups (broad SMARTS) is 1. The Morgan fingerprint density at radius 2 is 2.06 bits per heavy atom. The third kappa shape index (κ3) is 3.43. The van der Waals surface area contributed by atoms with Crippen LogP contribution in [0.1, 0.15) is 34.0 Å². The zero-order chi connectivity index (χ0) is 13.0. The molecule has 1 aromatic rings. The maximum atomic E-state index is 10.9. The molecule has 0 bridgehead atoms. The fourth-order valence-corrected chi connectivity index (χ4v) is 1.77. The third-order valence-corrected chi connectivity index (χ3v) is 2.82. The number of carbonyl (C=O) groups is 1. The van der Waals surface area contributed by atoms with Crippen molar-refractivity contribution in [3.63, 3.8) is 0 Å². The molecule has 2 atom stereocenters. The molecule has 94 valence electrons. The monoisotopic (exact) mass is 258 g/mol. The molecule has 0 radical (unpaired) electrons. The molecule has 2 unspecified atom stereocenters. The molecule has 0 aliphatic heterocycles. The van der Waals surface area contributed by atoms with Crippen LogP contribution in [0.4, 0.5) is 0 Å². The summed E-state index contributed by atoms with van der Waals surface area (Å²) in [6.07, 6.45) is -1.86. The first-order valence-electron chi connectivity index (χ1n) is 5.23. The lowest BCUT2D eigenvalue weighted by Crippen LogP contribution is -2.19. The highest BCUT2D eigenvalue weighted by Crippen LogP contribution is 2.22. The van der Waals surface area contributed by atoms with Gasteiger partial charge in [-0.15, -0.1) is 11.6 Å². The van der Waals surface area contributed by atoms with Gasteiger partial charge in [-0.05, 0) is 30.5 Å². The van der Waals surface area contributed by atoms with E-state index in [-0.39, 0.29) is 17.9 Å². The normalized spacial score (nSPS) is 14.4. The van der Waals surface area contributed by atoms with E-state index >= 15 is 0 Å². The zero-order valence-electron chi connectivity index (χ0n) is 9.43. The van der Waals surface area contributed by atoms with E-state index in [1.165, 1.54) is 6.07 Å². The number of aliphatic hydroxyl groups excluding tert-OH is 2. The summed E-state index contributed by atoms with van der Waals surface area (Å²) in [5.41, 5.74) is 1.12. The van der Waals surface area contributed by atoms with Crippen molar-refractivity contribution in [1.29, 1.82) is 0 Å². The number of benzene rings is 1. The van der Waals surface area contributed by atoms with E-state index in [4.69, 9.17) is 16.7 Å². The number of halogens is 1. The predicted molar refractivity (Wildman–Crippen MR) is 64.4 cm³/mol. The van der Waals surface area contributed by atoms with Crippen molar-refractivity contribution in [2.75, 3.05) is 5.88 Å². The fourth-order valence-electron chi connectivity index (χ4n) is 1.55. The molecule has 0 spiro atoms. The quantitative estimate of drug-likeness (QED) is 0.703. The summed E-state index contributed by atoms with van der Waals surface area (Å²) in [5, 5.41) is 28.4. The summed E-state index contributed by atoms with van der Waals surface area (Å²) in [6, 6.07) is 4.58. The van der Waals surface area contributed by atoms with Crippen LogP contribution in [-0.4, -0.2) is 33.3 Å². The van der Waals surface area contributed by atoms with Gasteiger partial charge in [0.2, 0.25) is 0 Å². The highest BCUT2D eigenvalue weighted by Gasteiger charge is 2.19. The molecule has 1 rings (SSSR count). The molecule has 0 aliphatic carbocycles. The summed E-state index contributed by atoms with van der Waals surface area (Å²) < 4.78 is 0. The molecule has 17 heavy (non-hydrogen) atoms. The first-order valence-corrected chi connectivity index (χ1v) is 5.76. The van der Waals surface area contributed by atoms with Crippen LogP contribution in [0.2, 0.25) is 0 Å². The fraction of sp³-hybridized carbons (Fsp3) is 0.417. The average molecular weight is 259 g/mol. The van der Waals surface area contributed by atoms with E-state index in [2.05, 4.69) is 0 Å². The Morgan fingerprint density at radius 3 is 2.59 bits per heavy atom. The SMILES string of the molecule is Cc1ccc(C(O)C(O)CCCl)cc1C(=O)O. The number of hydrogen-bond donors (Lipinski definition) is 3. The van der Waals surface area contributed by atoms with Crippen LogP contribution in [0.25, 0.3) is 0 Å². The maximum absolute atomic E-state index is 10.9. The molecule has 0 saturated carbocycles. The highest BCUT2D eigenvalue weighted by atomic mass is 35.5. The van der Waals surface area contributed by atoms with E-state index in [0.29, 0.717) is 11.1 Å². The minimum atomic E-state index is -1.12. The average Bonchev–Trinajstić information content (AvgIpc) is 2.28. The van der Waals surface area contributed by atoms with Crippen LogP contribution >= 0.6 is 11.6 Å². The maximum Gasteiger partial charge on any atom is 0.335 e. The molecule has 0 aromatic heterocycles. The highest BCUT2D eigenvalue weighted by molar-refractivity contribution is 6.17. The van der Waals surface area contributed by atoms with Crippen molar-refractivity contribution in [2.24, 2.45) is 0 Å². The van der Waals surface area contributed by atoms with Crippen molar-refractivity contribution in [3.05, 3.63) is 34.9 Å². The number of aryl methyl sites for hydroxylation is 1. The number of aromatic carboxylic acids is 1. The van der Waals surface area contributed by atoms with E-state index in [1.807, 2.05) is 0 Å². The van der Waals surface area contributed by atoms with Crippen LogP contribution in [0.5, 0.6) is 0 Å². The predicted octanol–water partition coefficient (Wildman–Crippen LogP) is 1.72. The molecule has 4 nitrogen and oxygen atoms in total. The van der Waals surface area contributed by atoms with Crippen LogP contribution in [0, 0.1) is 6.92 Å². The molecule has 0 fully saturated rings. The molecule has 0 aliphatic rings. The van der Waals surface area contributed by atoms with E-state index in [9.17, 15) is 15.0 Å². The molecule has 0 saturated heterocycles. The lowest BCUT2D eigenvalue weighted by atomic mass is 9.98. The Hall–Kier alpha value is -1.10. The van der Waals surface area contributed by atoms with Crippen molar-refractivity contribution < 1.29 is 20.1 Å². The van der Waals surface area contributed by atoms with Gasteiger partial charge < -0.3 is 15.3 Å². The topological polar surface area (TPSA) is 77.8 Å². The second kappa shape index (κ2) is 6.00. The van der Waals surface area contributed by atoms with Gasteiger partial charge in [-0.1, -0.05) is 12.1 Å². The Morgan fingerprint density at radius 1 is 1.41 bits per heavy atom. The molecule has 0 heterocycles. The second-order valence-electron chi connectivity index (χ2n) is 3.87. The van der Waals surface area contributed by atoms with Gasteiger partial charge in [-0.25, -0.2) is 4.79 Å². The molecular weight excluding hydrogens is 244 g/mol. The molecular formula is C12H15ClO4. The number of rotatable bonds is 5. The van der Waals surface area contributed by atoms with Gasteiger partial charge in [-0.3, -0.25) is 0 Å². The van der Waals surface area contributed by atoms with Crippen molar-refractivity contribution in [1.82, 2.24) is 0 Å². The lowest BCUT2D eigenvalue weighted by molar-refractivity contribution is 0.0169. The molecule has 0 amide bonds. The standard InChI is InChI=1S/C12H15ClO4/c1-7-2-3-8(6-9(7)12(16)17)11(15)10(14)4-5-13/h2-3,6,10-11,14-15H,4-5H2,1H3,(H,16,17). The van der Waals surface area contributed by atoms with E-state index < -0.39 is 18.2 Å². The third-order valence-electron chi connectivity index (χ3n) is 2.60. The van der Waals surface area contributed by atoms with E-state index in [1.54, 1.807) is 19.1 Å². The largest absolute Gasteiger partial charge is 0.478 e. The van der Waals surface area contributed by atoms with Gasteiger partial charge in [0.1, 0.15) is 6.10 Å². The summed E-state index contributed by atoms with van der Waals surface area (Å²) in [6.45, 7) is 1.68. The lowest BCUT2D eigenvalue weighted by Gasteiger charge is -2.18. The number of alkyl halides is 1. The molecule has 5 heteroatoms. The summed E-state index contributed by atoms with van der Waals surface area (Å²) >= 11 is 5.47. The van der Waals surface area contributed by atoms with Crippen molar-refractivity contribution >= 4 is 17.6 Å². The smallest absolute Gasteiger partial charge is 0.335 e. The van der Waals surface area contributed by atoms with Gasteiger partial charge >= 0.3 is 5.97 Å². The first kappa shape index (κ1) is 14.0. The van der Waals surface area contributed by atoms with Crippen molar-refractivity contribution in [3.8, 4) is 0 Å². The summed E-state index contributed by atoms with van der Waals surface area (Å²) in [7, 11) is 0. The minimum absolute atomic E-state index is 0.125. The summed E-state index contributed by atoms with van der Waals surface area (Å²) in [5.74, 6) is -0.820. The molecule has 1 aromatic carbocycles. The summed E-state index contributed by atoms with van der Waals surface area (Å²) in [4.78, 5) is 10.9. The van der Waals surface area contributed by atoms with Crippen LogP contribution in [0.3, 0.4) is 0 Å². The number of hydrogen-bond acceptors (Lipinski definition) is 3.